The summed E-state index contributed by atoms with van der Waals surface area (Å²) >= 11 is 0. The number of hydrogen-bond donors (Lipinski definition) is 2. The summed E-state index contributed by atoms with van der Waals surface area (Å²) in [5, 5.41) is 6.69. The number of halogens is 1. The second-order valence-corrected chi connectivity index (χ2v) is 6.87. The molecule has 2 N–H and O–H groups in total. The van der Waals surface area contributed by atoms with Gasteiger partial charge in [-0.3, -0.25) is 9.79 Å². The number of guanidine groups is 1. The molecule has 3 rings (SSSR count). The molecule has 1 amide bonds. The Hall–Kier alpha value is -2.09. The van der Waals surface area contributed by atoms with Gasteiger partial charge in [-0.15, -0.1) is 24.0 Å². The number of carbonyl (C=O) groups is 1. The van der Waals surface area contributed by atoms with Crippen molar-refractivity contribution in [2.75, 3.05) is 18.5 Å². The highest BCUT2D eigenvalue weighted by atomic mass is 127. The third-order valence-electron chi connectivity index (χ3n) is 4.96. The van der Waals surface area contributed by atoms with Gasteiger partial charge in [0.05, 0.1) is 0 Å². The van der Waals surface area contributed by atoms with E-state index in [0.717, 1.165) is 43.1 Å². The third kappa shape index (κ3) is 5.95. The van der Waals surface area contributed by atoms with Crippen molar-refractivity contribution in [2.45, 2.75) is 39.3 Å². The van der Waals surface area contributed by atoms with Crippen LogP contribution in [0.4, 0.5) is 5.69 Å². The molecule has 1 aliphatic heterocycles. The lowest BCUT2D eigenvalue weighted by Crippen LogP contribution is -2.36. The molecule has 1 aliphatic rings. The molecule has 28 heavy (non-hydrogen) atoms. The fourth-order valence-corrected chi connectivity index (χ4v) is 3.27. The number of piperidine rings is 1. The number of hydrogen-bond acceptors (Lipinski definition) is 2. The van der Waals surface area contributed by atoms with Crippen LogP contribution in [0.15, 0.2) is 53.5 Å². The number of aryl methyl sites for hydroxylation is 1. The largest absolute Gasteiger partial charge is 0.352 e. The van der Waals surface area contributed by atoms with E-state index < -0.39 is 0 Å². The van der Waals surface area contributed by atoms with Gasteiger partial charge in [0.15, 0.2) is 5.96 Å². The van der Waals surface area contributed by atoms with Crippen LogP contribution in [0.5, 0.6) is 0 Å². The molecule has 0 saturated carbocycles. The second-order valence-electron chi connectivity index (χ2n) is 6.87. The molecule has 2 aromatic carbocycles. The molecule has 0 spiro atoms. The Morgan fingerprint density at radius 2 is 1.75 bits per heavy atom. The lowest BCUT2D eigenvalue weighted by molar-refractivity contribution is -0.119. The minimum Gasteiger partial charge on any atom is -0.352 e. The number of carbonyl (C=O) groups excluding carboxylic acids is 1. The fourth-order valence-electron chi connectivity index (χ4n) is 3.27. The van der Waals surface area contributed by atoms with Gasteiger partial charge in [-0.1, -0.05) is 36.4 Å². The molecule has 1 heterocycles. The first kappa shape index (κ1) is 22.2. The molecule has 1 saturated heterocycles. The van der Waals surface area contributed by atoms with Gasteiger partial charge in [0, 0.05) is 38.8 Å². The van der Waals surface area contributed by atoms with Crippen molar-refractivity contribution in [3.63, 3.8) is 0 Å². The normalized spacial score (nSPS) is 14.4. The summed E-state index contributed by atoms with van der Waals surface area (Å²) in [6, 6.07) is 16.5. The Morgan fingerprint density at radius 1 is 1.04 bits per heavy atom. The molecule has 5 nitrogen and oxygen atoms in total. The van der Waals surface area contributed by atoms with E-state index in [9.17, 15) is 4.79 Å². The van der Waals surface area contributed by atoms with E-state index in [1.807, 2.05) is 23.1 Å². The minimum atomic E-state index is 0. The van der Waals surface area contributed by atoms with Crippen LogP contribution in [0.2, 0.25) is 0 Å². The maximum Gasteiger partial charge on any atom is 0.226 e. The molecule has 0 bridgehead atoms. The summed E-state index contributed by atoms with van der Waals surface area (Å²) in [6.07, 6.45) is 2.75. The average Bonchev–Trinajstić information content (AvgIpc) is 2.70. The van der Waals surface area contributed by atoms with E-state index in [2.05, 4.69) is 52.9 Å². The highest BCUT2D eigenvalue weighted by Gasteiger charge is 2.19. The van der Waals surface area contributed by atoms with Gasteiger partial charge in [-0.25, -0.2) is 0 Å². The Labute approximate surface area is 184 Å². The van der Waals surface area contributed by atoms with Crippen LogP contribution < -0.4 is 15.5 Å². The SMILES string of the molecule is CN=C(NCc1ccc(N2CCCCC2=O)cc1)NCc1ccccc1C.I. The zero-order valence-electron chi connectivity index (χ0n) is 16.6. The molecule has 0 aromatic heterocycles. The quantitative estimate of drug-likeness (QED) is 0.377. The van der Waals surface area contributed by atoms with Crippen LogP contribution in [-0.2, 0) is 17.9 Å². The van der Waals surface area contributed by atoms with E-state index >= 15 is 0 Å². The smallest absolute Gasteiger partial charge is 0.226 e. The van der Waals surface area contributed by atoms with Crippen molar-refractivity contribution in [1.82, 2.24) is 10.6 Å². The standard InChI is InChI=1S/C22H28N4O.HI/c1-17-7-3-4-8-19(17)16-25-22(23-2)24-15-18-10-12-20(13-11-18)26-14-6-5-9-21(26)27;/h3-4,7-8,10-13H,5-6,9,14-16H2,1-2H3,(H2,23,24,25);1H. The first-order chi connectivity index (χ1) is 13.2. The van der Waals surface area contributed by atoms with E-state index in [-0.39, 0.29) is 29.9 Å². The van der Waals surface area contributed by atoms with Gasteiger partial charge in [0.2, 0.25) is 5.91 Å². The number of nitrogens with one attached hydrogen (secondary N) is 2. The number of anilines is 1. The maximum atomic E-state index is 12.0. The van der Waals surface area contributed by atoms with Crippen LogP contribution in [-0.4, -0.2) is 25.5 Å². The predicted octanol–water partition coefficient (Wildman–Crippen LogP) is 4.00. The molecule has 0 atom stereocenters. The molecule has 0 radical (unpaired) electrons. The van der Waals surface area contributed by atoms with Crippen LogP contribution >= 0.6 is 24.0 Å². The van der Waals surface area contributed by atoms with Crippen molar-refractivity contribution >= 4 is 41.5 Å². The third-order valence-corrected chi connectivity index (χ3v) is 4.96. The molecule has 6 heteroatoms. The highest BCUT2D eigenvalue weighted by Crippen LogP contribution is 2.21. The topological polar surface area (TPSA) is 56.7 Å². The van der Waals surface area contributed by atoms with Crippen molar-refractivity contribution in [1.29, 1.82) is 0 Å². The zero-order chi connectivity index (χ0) is 19.1. The molecule has 0 unspecified atom stereocenters. The lowest BCUT2D eigenvalue weighted by Gasteiger charge is -2.26. The molecule has 150 valence electrons. The molecule has 0 aliphatic carbocycles. The number of benzene rings is 2. The second kappa shape index (κ2) is 11.0. The van der Waals surface area contributed by atoms with E-state index in [1.54, 1.807) is 7.05 Å². The van der Waals surface area contributed by atoms with E-state index in [0.29, 0.717) is 13.0 Å². The first-order valence-electron chi connectivity index (χ1n) is 9.55. The summed E-state index contributed by atoms with van der Waals surface area (Å²) in [6.45, 7) is 4.36. The number of rotatable bonds is 5. The number of aliphatic imine (C=N–C) groups is 1. The Balaban J connectivity index is 0.00000280. The lowest BCUT2D eigenvalue weighted by atomic mass is 10.1. The van der Waals surface area contributed by atoms with Gasteiger partial charge in [-0.05, 0) is 48.6 Å². The minimum absolute atomic E-state index is 0. The molecular formula is C22H29IN4O. The average molecular weight is 492 g/mol. The summed E-state index contributed by atoms with van der Waals surface area (Å²) in [7, 11) is 1.78. The maximum absolute atomic E-state index is 12.0. The van der Waals surface area contributed by atoms with Crippen LogP contribution in [0.25, 0.3) is 0 Å². The summed E-state index contributed by atoms with van der Waals surface area (Å²) in [4.78, 5) is 18.2. The van der Waals surface area contributed by atoms with Crippen molar-refractivity contribution < 1.29 is 4.79 Å². The first-order valence-corrected chi connectivity index (χ1v) is 9.55. The summed E-state index contributed by atoms with van der Waals surface area (Å²) in [5.74, 6) is 1.00. The highest BCUT2D eigenvalue weighted by molar-refractivity contribution is 14.0. The van der Waals surface area contributed by atoms with Gasteiger partial charge in [0.25, 0.3) is 0 Å². The predicted molar refractivity (Wildman–Crippen MR) is 126 cm³/mol. The van der Waals surface area contributed by atoms with Crippen molar-refractivity contribution in [3.05, 3.63) is 65.2 Å². The Morgan fingerprint density at radius 3 is 2.43 bits per heavy atom. The molecular weight excluding hydrogens is 463 g/mol. The summed E-state index contributed by atoms with van der Waals surface area (Å²) in [5.41, 5.74) is 4.67. The molecule has 1 fully saturated rings. The summed E-state index contributed by atoms with van der Waals surface area (Å²) < 4.78 is 0. The van der Waals surface area contributed by atoms with Crippen LogP contribution in [0, 0.1) is 6.92 Å². The van der Waals surface area contributed by atoms with Gasteiger partial charge < -0.3 is 15.5 Å². The van der Waals surface area contributed by atoms with Crippen molar-refractivity contribution in [2.24, 2.45) is 4.99 Å². The monoisotopic (exact) mass is 492 g/mol. The van der Waals surface area contributed by atoms with Gasteiger partial charge in [-0.2, -0.15) is 0 Å². The Bertz CT molecular complexity index is 804. The fraction of sp³-hybridized carbons (Fsp3) is 0.364. The van der Waals surface area contributed by atoms with Crippen LogP contribution in [0.1, 0.15) is 36.0 Å². The molecule has 2 aromatic rings. The zero-order valence-corrected chi connectivity index (χ0v) is 18.9. The number of amides is 1. The van der Waals surface area contributed by atoms with Gasteiger partial charge >= 0.3 is 0 Å². The van der Waals surface area contributed by atoms with E-state index in [1.165, 1.54) is 11.1 Å². The van der Waals surface area contributed by atoms with Crippen molar-refractivity contribution in [3.8, 4) is 0 Å². The van der Waals surface area contributed by atoms with E-state index in [4.69, 9.17) is 0 Å². The Kier molecular flexibility index (Phi) is 8.76. The number of nitrogens with zero attached hydrogens (tertiary/aromatic N) is 2. The van der Waals surface area contributed by atoms with Gasteiger partial charge in [0.1, 0.15) is 0 Å². The van der Waals surface area contributed by atoms with Crippen LogP contribution in [0.3, 0.4) is 0 Å².